The Balaban J connectivity index is 2.64. The van der Waals surface area contributed by atoms with Gasteiger partial charge >= 0.3 is 0 Å². The third-order valence-corrected chi connectivity index (χ3v) is 3.52. The van der Waals surface area contributed by atoms with Gasteiger partial charge in [0.15, 0.2) is 0 Å². The number of hydrogen-bond acceptors (Lipinski definition) is 4. The predicted octanol–water partition coefficient (Wildman–Crippen LogP) is 1.45. The monoisotopic (exact) mass is 257 g/mol. The van der Waals surface area contributed by atoms with Crippen molar-refractivity contribution in [3.05, 3.63) is 16.1 Å². The van der Waals surface area contributed by atoms with Gasteiger partial charge in [-0.1, -0.05) is 19.1 Å². The molecule has 1 amide bonds. The molecule has 1 rings (SSSR count). The van der Waals surface area contributed by atoms with Crippen LogP contribution in [0, 0.1) is 12.8 Å². The molecule has 4 nitrogen and oxygen atoms in total. The summed E-state index contributed by atoms with van der Waals surface area (Å²) in [6.07, 6.45) is 1.60. The van der Waals surface area contributed by atoms with Crippen molar-refractivity contribution in [1.29, 1.82) is 0 Å². The fraction of sp³-hybridized carbons (Fsp3) is 0.500. The van der Waals surface area contributed by atoms with Crippen molar-refractivity contribution in [3.63, 3.8) is 0 Å². The quantitative estimate of drug-likeness (QED) is 0.829. The zero-order valence-electron chi connectivity index (χ0n) is 9.56. The molecule has 0 radical (unpaired) electrons. The summed E-state index contributed by atoms with van der Waals surface area (Å²) in [4.78, 5) is 18.7. The van der Waals surface area contributed by atoms with Gasteiger partial charge in [-0.3, -0.25) is 4.79 Å². The van der Waals surface area contributed by atoms with E-state index in [1.807, 2.05) is 13.8 Å². The van der Waals surface area contributed by atoms with E-state index in [4.69, 9.17) is 18.0 Å². The van der Waals surface area contributed by atoms with Crippen LogP contribution in [0.1, 0.15) is 21.6 Å². The number of rotatable bonds is 4. The lowest BCUT2D eigenvalue weighted by Gasteiger charge is -2.19. The fourth-order valence-corrected chi connectivity index (χ4v) is 2.08. The molecule has 1 aromatic heterocycles. The van der Waals surface area contributed by atoms with Crippen LogP contribution in [0.2, 0.25) is 0 Å². The number of nitrogens with two attached hydrogens (primary N) is 1. The summed E-state index contributed by atoms with van der Waals surface area (Å²) < 4.78 is 0. The van der Waals surface area contributed by atoms with Crippen LogP contribution in [0.5, 0.6) is 0 Å². The first kappa shape index (κ1) is 13.1. The van der Waals surface area contributed by atoms with Crippen molar-refractivity contribution in [1.82, 2.24) is 9.88 Å². The van der Waals surface area contributed by atoms with E-state index < -0.39 is 0 Å². The summed E-state index contributed by atoms with van der Waals surface area (Å²) in [5, 5.41) is 0.888. The van der Waals surface area contributed by atoms with E-state index in [0.717, 1.165) is 5.01 Å². The van der Waals surface area contributed by atoms with E-state index in [1.165, 1.54) is 11.3 Å². The van der Waals surface area contributed by atoms with Crippen molar-refractivity contribution in [2.75, 3.05) is 13.6 Å². The van der Waals surface area contributed by atoms with Crippen molar-refractivity contribution >= 4 is 34.5 Å². The van der Waals surface area contributed by atoms with Crippen LogP contribution in [0.4, 0.5) is 0 Å². The first-order valence-electron chi connectivity index (χ1n) is 4.89. The number of aromatic nitrogens is 1. The molecule has 1 heterocycles. The first-order chi connectivity index (χ1) is 7.41. The van der Waals surface area contributed by atoms with E-state index >= 15 is 0 Å². The maximum absolute atomic E-state index is 11.9. The summed E-state index contributed by atoms with van der Waals surface area (Å²) in [6, 6.07) is 0. The van der Waals surface area contributed by atoms with Gasteiger partial charge in [0.2, 0.25) is 0 Å². The summed E-state index contributed by atoms with van der Waals surface area (Å²) >= 11 is 6.27. The lowest BCUT2D eigenvalue weighted by molar-refractivity contribution is 0.0791. The van der Waals surface area contributed by atoms with E-state index in [9.17, 15) is 4.79 Å². The largest absolute Gasteiger partial charge is 0.393 e. The Bertz CT molecular complexity index is 403. The number of hydrogen-bond donors (Lipinski definition) is 1. The molecule has 0 aromatic carbocycles. The second-order valence-electron chi connectivity index (χ2n) is 3.73. The van der Waals surface area contributed by atoms with Gasteiger partial charge in [-0.2, -0.15) is 0 Å². The van der Waals surface area contributed by atoms with Gasteiger partial charge in [0.05, 0.1) is 16.2 Å². The Morgan fingerprint density at radius 1 is 1.75 bits per heavy atom. The third-order valence-electron chi connectivity index (χ3n) is 2.21. The van der Waals surface area contributed by atoms with Gasteiger partial charge < -0.3 is 10.6 Å². The maximum atomic E-state index is 11.9. The van der Waals surface area contributed by atoms with E-state index in [1.54, 1.807) is 18.1 Å². The smallest absolute Gasteiger partial charge is 0.265 e. The molecule has 1 aromatic rings. The molecule has 1 atom stereocenters. The molecular formula is C10H15N3OS2. The van der Waals surface area contributed by atoms with Crippen LogP contribution in [-0.4, -0.2) is 34.4 Å². The second-order valence-corrected chi connectivity index (χ2v) is 5.44. The minimum atomic E-state index is -0.0336. The third kappa shape index (κ3) is 3.24. The maximum Gasteiger partial charge on any atom is 0.265 e. The molecule has 2 N–H and O–H groups in total. The normalized spacial score (nSPS) is 12.2. The van der Waals surface area contributed by atoms with Crippen molar-refractivity contribution in [2.45, 2.75) is 13.8 Å². The van der Waals surface area contributed by atoms with Gasteiger partial charge in [0, 0.05) is 19.5 Å². The lowest BCUT2D eigenvalue weighted by Crippen LogP contribution is -2.35. The van der Waals surface area contributed by atoms with E-state index in [2.05, 4.69) is 4.98 Å². The van der Waals surface area contributed by atoms with Crippen molar-refractivity contribution in [3.8, 4) is 0 Å². The van der Waals surface area contributed by atoms with Gasteiger partial charge in [-0.25, -0.2) is 4.98 Å². The number of carbonyl (C=O) groups is 1. The van der Waals surface area contributed by atoms with Crippen LogP contribution < -0.4 is 5.73 Å². The Hall–Kier alpha value is -1.01. The van der Waals surface area contributed by atoms with Gasteiger partial charge in [0.25, 0.3) is 5.91 Å². The molecule has 0 fully saturated rings. The number of thiocarbonyl (C=S) groups is 1. The molecule has 88 valence electrons. The molecule has 16 heavy (non-hydrogen) atoms. The Kier molecular flexibility index (Phi) is 4.37. The van der Waals surface area contributed by atoms with Crippen LogP contribution >= 0.6 is 23.6 Å². The van der Waals surface area contributed by atoms with Gasteiger partial charge in [-0.05, 0) is 6.92 Å². The molecule has 6 heteroatoms. The number of aryl methyl sites for hydroxylation is 1. The van der Waals surface area contributed by atoms with Crippen molar-refractivity contribution in [2.24, 2.45) is 11.7 Å². The lowest BCUT2D eigenvalue weighted by atomic mass is 10.2. The number of carbonyl (C=O) groups excluding carboxylic acids is 1. The highest BCUT2D eigenvalue weighted by Crippen LogP contribution is 2.14. The summed E-state index contributed by atoms with van der Waals surface area (Å²) in [7, 11) is 1.74. The predicted molar refractivity (Wildman–Crippen MR) is 69.8 cm³/mol. The second kappa shape index (κ2) is 5.36. The standard InChI is InChI=1S/C10H15N3OS2/c1-6(9(11)15)5-13(3)10(14)8-4-12-7(2)16-8/h4,6H,5H2,1-3H3,(H2,11,15). The Morgan fingerprint density at radius 2 is 2.38 bits per heavy atom. The van der Waals surface area contributed by atoms with Crippen LogP contribution in [0.3, 0.4) is 0 Å². The molecule has 0 aliphatic carbocycles. The average molecular weight is 257 g/mol. The molecule has 0 aliphatic rings. The summed E-state index contributed by atoms with van der Waals surface area (Å²) in [5.74, 6) is -0.00771. The Morgan fingerprint density at radius 3 is 2.81 bits per heavy atom. The Labute approximate surface area is 104 Å². The molecule has 0 bridgehead atoms. The highest BCUT2D eigenvalue weighted by atomic mass is 32.1. The topological polar surface area (TPSA) is 59.2 Å². The fourth-order valence-electron chi connectivity index (χ4n) is 1.23. The molecule has 0 saturated heterocycles. The first-order valence-corrected chi connectivity index (χ1v) is 6.11. The summed E-state index contributed by atoms with van der Waals surface area (Å²) in [6.45, 7) is 4.31. The molecular weight excluding hydrogens is 242 g/mol. The average Bonchev–Trinajstić information content (AvgIpc) is 2.63. The zero-order valence-corrected chi connectivity index (χ0v) is 11.2. The number of amides is 1. The highest BCUT2D eigenvalue weighted by molar-refractivity contribution is 7.80. The minimum Gasteiger partial charge on any atom is -0.393 e. The van der Waals surface area contributed by atoms with E-state index in [-0.39, 0.29) is 11.8 Å². The molecule has 0 aliphatic heterocycles. The minimum absolute atomic E-state index is 0.0259. The van der Waals surface area contributed by atoms with Crippen molar-refractivity contribution < 1.29 is 4.79 Å². The van der Waals surface area contributed by atoms with Crippen LogP contribution in [0.15, 0.2) is 6.20 Å². The molecule has 0 saturated carbocycles. The SMILES string of the molecule is Cc1ncc(C(=O)N(C)CC(C)C(N)=S)s1. The number of thiazole rings is 1. The zero-order chi connectivity index (χ0) is 12.3. The van der Waals surface area contributed by atoms with Crippen LogP contribution in [0.25, 0.3) is 0 Å². The van der Waals surface area contributed by atoms with Gasteiger partial charge in [0.1, 0.15) is 4.88 Å². The highest BCUT2D eigenvalue weighted by Gasteiger charge is 2.17. The van der Waals surface area contributed by atoms with Gasteiger partial charge in [-0.15, -0.1) is 11.3 Å². The molecule has 0 spiro atoms. The van der Waals surface area contributed by atoms with E-state index in [0.29, 0.717) is 16.4 Å². The summed E-state index contributed by atoms with van der Waals surface area (Å²) in [5.41, 5.74) is 5.51. The number of nitrogens with zero attached hydrogens (tertiary/aromatic N) is 2. The van der Waals surface area contributed by atoms with Crippen LogP contribution in [-0.2, 0) is 0 Å². The molecule has 1 unspecified atom stereocenters.